The minimum Gasteiger partial charge on any atom is -0.366 e. The van der Waals surface area contributed by atoms with E-state index in [1.807, 2.05) is 70.6 Å². The number of rotatable bonds is 2. The lowest BCUT2D eigenvalue weighted by Gasteiger charge is -2.11. The third kappa shape index (κ3) is 3.40. The fourth-order valence-corrected chi connectivity index (χ4v) is 11.7. The summed E-state index contributed by atoms with van der Waals surface area (Å²) in [5.41, 5.74) is 0. The van der Waals surface area contributed by atoms with Crippen LogP contribution in [0, 0.1) is 0 Å². The highest BCUT2D eigenvalue weighted by Gasteiger charge is 2.24. The molecule has 0 saturated carbocycles. The van der Waals surface area contributed by atoms with E-state index in [-0.39, 0.29) is 0 Å². The minimum atomic E-state index is 1.33. The topological polar surface area (TPSA) is 15.8 Å². The molecule has 4 aromatic rings. The first-order chi connectivity index (χ1) is 15.3. The van der Waals surface area contributed by atoms with E-state index < -0.39 is 0 Å². The van der Waals surface area contributed by atoms with Crippen molar-refractivity contribution in [3.05, 3.63) is 79.8 Å². The van der Waals surface area contributed by atoms with E-state index in [0.717, 1.165) is 0 Å². The summed E-state index contributed by atoms with van der Waals surface area (Å²) >= 11 is 11.4. The Balaban J connectivity index is 1.75. The fourth-order valence-electron chi connectivity index (χ4n) is 4.01. The predicted octanol–water partition coefficient (Wildman–Crippen LogP) is 7.68. The van der Waals surface area contributed by atoms with Crippen LogP contribution in [-0.4, -0.2) is 17.5 Å². The third-order valence-corrected chi connectivity index (χ3v) is 13.1. The van der Waals surface area contributed by atoms with E-state index in [2.05, 4.69) is 78.4 Å². The van der Waals surface area contributed by atoms with Gasteiger partial charge in [0.15, 0.2) is 0 Å². The van der Waals surface area contributed by atoms with Gasteiger partial charge < -0.3 is 4.98 Å². The van der Waals surface area contributed by atoms with Crippen molar-refractivity contribution in [2.45, 2.75) is 9.79 Å². The fraction of sp³-hybridized carbons (Fsp3) is 0.0833. The molecule has 0 unspecified atom stereocenters. The molecule has 0 aliphatic carbocycles. The van der Waals surface area contributed by atoms with Gasteiger partial charge >= 0.3 is 0 Å². The normalized spacial score (nSPS) is 16.2. The first-order valence-electron chi connectivity index (χ1n) is 9.67. The van der Waals surface area contributed by atoms with Crippen LogP contribution in [0.5, 0.6) is 0 Å². The van der Waals surface area contributed by atoms with Gasteiger partial charge in [-0.2, -0.15) is 0 Å². The van der Waals surface area contributed by atoms with E-state index in [1.54, 1.807) is 0 Å². The van der Waals surface area contributed by atoms with Crippen LogP contribution < -0.4 is 10.4 Å². The average Bonchev–Trinajstić information content (AvgIpc) is 3.51. The molecular weight excluding hydrogens is 495 g/mol. The summed E-state index contributed by atoms with van der Waals surface area (Å²) in [5.74, 6) is 0. The molecule has 0 spiro atoms. The number of hydrogen-bond acceptors (Lipinski definition) is 6. The van der Waals surface area contributed by atoms with Gasteiger partial charge in [-0.25, -0.2) is 0 Å². The van der Waals surface area contributed by atoms with Gasteiger partial charge in [0.2, 0.25) is 0 Å². The van der Waals surface area contributed by atoms with E-state index in [4.69, 9.17) is 0 Å². The first kappa shape index (κ1) is 20.6. The summed E-state index contributed by atoms with van der Waals surface area (Å²) in [5, 5.41) is 8.14. The lowest BCUT2D eigenvalue weighted by atomic mass is 9.99. The molecule has 154 valence electrons. The minimum absolute atomic E-state index is 1.33. The van der Waals surface area contributed by atoms with Gasteiger partial charge in [0.25, 0.3) is 0 Å². The standard InChI is InChI=1S/C24H17NS6/c1-26-23-24(27-2)31-22(30-23)20-15-9-5-3-7-13(15)19(14-8-4-6-10-16(14)20)21-28-17-11-25-12-18(17)29-21/h3-12,25H,1-2H3. The predicted molar refractivity (Wildman–Crippen MR) is 149 cm³/mol. The Morgan fingerprint density at radius 1 is 0.581 bits per heavy atom. The number of hydrogen-bond donors (Lipinski definition) is 1. The third-order valence-electron chi connectivity index (χ3n) is 5.32. The highest BCUT2D eigenvalue weighted by Crippen LogP contribution is 2.57. The molecule has 3 heterocycles. The van der Waals surface area contributed by atoms with Crippen LogP contribution in [0.3, 0.4) is 0 Å². The number of H-pyrrole nitrogens is 1. The Bertz CT molecular complexity index is 1410. The van der Waals surface area contributed by atoms with Crippen LogP contribution in [-0.2, 0) is 0 Å². The quantitative estimate of drug-likeness (QED) is 0.276. The first-order valence-corrected chi connectivity index (χ1v) is 15.4. The van der Waals surface area contributed by atoms with Crippen molar-refractivity contribution in [1.29, 1.82) is 0 Å². The van der Waals surface area contributed by atoms with Crippen molar-refractivity contribution in [3.8, 4) is 0 Å². The van der Waals surface area contributed by atoms with Crippen molar-refractivity contribution in [3.63, 3.8) is 0 Å². The molecule has 0 bridgehead atoms. The Kier molecular flexibility index (Phi) is 5.61. The summed E-state index contributed by atoms with van der Waals surface area (Å²) in [6, 6.07) is 17.9. The highest BCUT2D eigenvalue weighted by molar-refractivity contribution is 8.45. The number of aromatic amines is 1. The van der Waals surface area contributed by atoms with Crippen LogP contribution in [0.4, 0.5) is 0 Å². The van der Waals surface area contributed by atoms with Crippen molar-refractivity contribution in [2.75, 3.05) is 12.5 Å². The van der Waals surface area contributed by atoms with Crippen LogP contribution in [0.15, 0.2) is 79.2 Å². The number of nitrogens with one attached hydrogen (secondary N) is 1. The molecule has 0 saturated heterocycles. The van der Waals surface area contributed by atoms with E-state index in [1.165, 1.54) is 58.7 Å². The molecule has 2 aliphatic rings. The maximum Gasteiger partial charge on any atom is 0.0657 e. The molecule has 0 radical (unpaired) electrons. The Morgan fingerprint density at radius 2 is 0.968 bits per heavy atom. The summed E-state index contributed by atoms with van der Waals surface area (Å²) < 4.78 is 5.61. The SMILES string of the molecule is CSC1=C(SC)SC(=c2c3ccccc3c(=C3Sc4c[nH]cc4S3)c3ccccc23)S1. The van der Waals surface area contributed by atoms with E-state index >= 15 is 0 Å². The van der Waals surface area contributed by atoms with Crippen molar-refractivity contribution < 1.29 is 0 Å². The summed E-state index contributed by atoms with van der Waals surface area (Å²) in [4.78, 5) is 5.89. The molecule has 7 heteroatoms. The summed E-state index contributed by atoms with van der Waals surface area (Å²) in [6.07, 6.45) is 8.59. The molecule has 6 rings (SSSR count). The van der Waals surface area contributed by atoms with Crippen LogP contribution in [0.2, 0.25) is 0 Å². The van der Waals surface area contributed by atoms with Crippen molar-refractivity contribution in [1.82, 2.24) is 4.98 Å². The lowest BCUT2D eigenvalue weighted by Crippen LogP contribution is -2.16. The van der Waals surface area contributed by atoms with Gasteiger partial charge in [0.05, 0.1) is 16.9 Å². The Labute approximate surface area is 206 Å². The molecule has 2 aliphatic heterocycles. The molecule has 31 heavy (non-hydrogen) atoms. The molecule has 1 N–H and O–H groups in total. The van der Waals surface area contributed by atoms with Gasteiger partial charge in [0, 0.05) is 32.6 Å². The van der Waals surface area contributed by atoms with Gasteiger partial charge in [-0.05, 0) is 34.1 Å². The largest absolute Gasteiger partial charge is 0.366 e. The number of aromatic nitrogens is 1. The van der Waals surface area contributed by atoms with Crippen molar-refractivity contribution in [2.24, 2.45) is 0 Å². The lowest BCUT2D eigenvalue weighted by molar-refractivity contribution is 1.36. The molecule has 0 amide bonds. The molecule has 0 fully saturated rings. The zero-order chi connectivity index (χ0) is 20.9. The van der Waals surface area contributed by atoms with Crippen LogP contribution in [0.25, 0.3) is 30.0 Å². The van der Waals surface area contributed by atoms with Gasteiger partial charge in [0.1, 0.15) is 0 Å². The zero-order valence-electron chi connectivity index (χ0n) is 16.7. The van der Waals surface area contributed by atoms with E-state index in [9.17, 15) is 0 Å². The Hall–Kier alpha value is -0.960. The second kappa shape index (κ2) is 8.43. The van der Waals surface area contributed by atoms with Crippen LogP contribution in [0.1, 0.15) is 0 Å². The average molecular weight is 512 g/mol. The van der Waals surface area contributed by atoms with Gasteiger partial charge in [-0.3, -0.25) is 0 Å². The zero-order valence-corrected chi connectivity index (χ0v) is 21.6. The molecule has 1 nitrogen and oxygen atoms in total. The number of thioether (sulfide) groups is 6. The van der Waals surface area contributed by atoms with Gasteiger partial charge in [-0.1, -0.05) is 95.6 Å². The molecule has 3 aromatic carbocycles. The van der Waals surface area contributed by atoms with Gasteiger partial charge in [-0.15, -0.1) is 23.5 Å². The summed E-state index contributed by atoms with van der Waals surface area (Å²) in [6.45, 7) is 0. The second-order valence-electron chi connectivity index (χ2n) is 6.99. The van der Waals surface area contributed by atoms with E-state index in [0.29, 0.717) is 0 Å². The summed E-state index contributed by atoms with van der Waals surface area (Å²) in [7, 11) is 0. The van der Waals surface area contributed by atoms with Crippen molar-refractivity contribution >= 4 is 101 Å². The monoisotopic (exact) mass is 511 g/mol. The smallest absolute Gasteiger partial charge is 0.0657 e. The Morgan fingerprint density at radius 3 is 1.35 bits per heavy atom. The van der Waals surface area contributed by atoms with Crippen LogP contribution >= 0.6 is 70.6 Å². The number of benzene rings is 3. The molecule has 1 aromatic heterocycles. The maximum absolute atomic E-state index is 3.24. The maximum atomic E-state index is 3.24. The molecule has 0 atom stereocenters. The highest BCUT2D eigenvalue weighted by atomic mass is 32.3. The number of fused-ring (bicyclic) bond motifs is 3. The second-order valence-corrected chi connectivity index (χ2v) is 13.8. The molecular formula is C24H17NS6.